The predicted molar refractivity (Wildman–Crippen MR) is 118 cm³/mol. The lowest BCUT2D eigenvalue weighted by atomic mass is 10.0. The van der Waals surface area contributed by atoms with Crippen LogP contribution in [0.15, 0.2) is 71.2 Å². The van der Waals surface area contributed by atoms with Gasteiger partial charge in [0.15, 0.2) is 0 Å². The number of fused-ring (bicyclic) bond motifs is 2. The van der Waals surface area contributed by atoms with Crippen LogP contribution in [0.5, 0.6) is 11.5 Å². The van der Waals surface area contributed by atoms with Crippen molar-refractivity contribution in [1.82, 2.24) is 0 Å². The molecule has 0 aliphatic rings. The van der Waals surface area contributed by atoms with Gasteiger partial charge in [0.1, 0.15) is 11.5 Å². The van der Waals surface area contributed by atoms with Crippen molar-refractivity contribution in [3.05, 3.63) is 82.3 Å². The maximum atomic E-state index is 5.61. The van der Waals surface area contributed by atoms with Crippen molar-refractivity contribution in [2.75, 3.05) is 14.2 Å². The van der Waals surface area contributed by atoms with Crippen LogP contribution in [-0.4, -0.2) is 14.2 Å². The van der Waals surface area contributed by atoms with Crippen LogP contribution < -0.4 is 9.47 Å². The van der Waals surface area contributed by atoms with E-state index in [1.807, 2.05) is 18.2 Å². The van der Waals surface area contributed by atoms with Gasteiger partial charge in [-0.1, -0.05) is 60.7 Å². The van der Waals surface area contributed by atoms with E-state index in [0.717, 1.165) is 37.9 Å². The molecule has 0 bridgehead atoms. The molecule has 0 aliphatic heterocycles. The molecule has 0 heterocycles. The van der Waals surface area contributed by atoms with E-state index in [-0.39, 0.29) is 0 Å². The zero-order chi connectivity index (χ0) is 18.8. The zero-order valence-electron chi connectivity index (χ0n) is 15.2. The summed E-state index contributed by atoms with van der Waals surface area (Å²) in [4.78, 5) is 0. The van der Waals surface area contributed by atoms with Gasteiger partial charge in [-0.15, -0.1) is 0 Å². The molecule has 0 saturated heterocycles. The first-order chi connectivity index (χ1) is 13.2. The van der Waals surface area contributed by atoms with Crippen LogP contribution in [0.2, 0.25) is 0 Å². The zero-order valence-corrected chi connectivity index (χ0v) is 16.8. The summed E-state index contributed by atoms with van der Waals surface area (Å²) in [7, 11) is 3.39. The molecule has 0 unspecified atom stereocenters. The second kappa shape index (κ2) is 7.45. The normalized spacial score (nSPS) is 11.4. The van der Waals surface area contributed by atoms with Gasteiger partial charge in [0.2, 0.25) is 0 Å². The van der Waals surface area contributed by atoms with Crippen molar-refractivity contribution in [1.29, 1.82) is 0 Å². The number of methoxy groups -OCH3 is 2. The van der Waals surface area contributed by atoms with Crippen LogP contribution in [0.4, 0.5) is 0 Å². The molecule has 0 spiro atoms. The molecule has 0 fully saturated rings. The second-order valence-electron chi connectivity index (χ2n) is 6.30. The molecule has 3 heteroatoms. The van der Waals surface area contributed by atoms with Crippen LogP contribution in [0.3, 0.4) is 0 Å². The summed E-state index contributed by atoms with van der Waals surface area (Å²) in [6.07, 6.45) is 4.19. The fourth-order valence-electron chi connectivity index (χ4n) is 3.34. The Balaban J connectivity index is 1.82. The smallest absolute Gasteiger partial charge is 0.126 e. The standard InChI is InChI=1S/C24H19BrO2/c1-26-22-9-5-7-18-15-23(27-2)19(14-21(18)22)13-12-17-11-10-16-6-3-4-8-20(16)24(17)25/h3-15H,1-2H3/b13-12-. The van der Waals surface area contributed by atoms with Gasteiger partial charge < -0.3 is 9.47 Å². The Morgan fingerprint density at radius 2 is 1.41 bits per heavy atom. The predicted octanol–water partition coefficient (Wildman–Crippen LogP) is 6.94. The number of halogens is 1. The molecule has 4 aromatic rings. The fraction of sp³-hybridized carbons (Fsp3) is 0.0833. The van der Waals surface area contributed by atoms with E-state index in [4.69, 9.17) is 9.47 Å². The van der Waals surface area contributed by atoms with Gasteiger partial charge in [-0.2, -0.15) is 0 Å². The molecular formula is C24H19BrO2. The number of hydrogen-bond donors (Lipinski definition) is 0. The molecule has 0 aliphatic carbocycles. The highest BCUT2D eigenvalue weighted by Crippen LogP contribution is 2.34. The van der Waals surface area contributed by atoms with Crippen LogP contribution in [0.1, 0.15) is 11.1 Å². The maximum Gasteiger partial charge on any atom is 0.126 e. The Bertz CT molecular complexity index is 1160. The minimum atomic E-state index is 0.837. The van der Waals surface area contributed by atoms with Crippen molar-refractivity contribution in [3.8, 4) is 11.5 Å². The summed E-state index contributed by atoms with van der Waals surface area (Å²) in [5.41, 5.74) is 2.13. The Morgan fingerprint density at radius 3 is 2.22 bits per heavy atom. The Morgan fingerprint density at radius 1 is 0.667 bits per heavy atom. The fourth-order valence-corrected chi connectivity index (χ4v) is 3.96. The minimum absolute atomic E-state index is 0.837. The lowest BCUT2D eigenvalue weighted by molar-refractivity contribution is 0.413. The van der Waals surface area contributed by atoms with Crippen molar-refractivity contribution in [2.24, 2.45) is 0 Å². The molecule has 2 nitrogen and oxygen atoms in total. The molecule has 0 radical (unpaired) electrons. The Kier molecular flexibility index (Phi) is 4.87. The third-order valence-corrected chi connectivity index (χ3v) is 5.63. The van der Waals surface area contributed by atoms with Gasteiger partial charge in [-0.25, -0.2) is 0 Å². The van der Waals surface area contributed by atoms with Crippen molar-refractivity contribution in [3.63, 3.8) is 0 Å². The highest BCUT2D eigenvalue weighted by Gasteiger charge is 2.08. The van der Waals surface area contributed by atoms with Gasteiger partial charge in [-0.3, -0.25) is 0 Å². The highest BCUT2D eigenvalue weighted by molar-refractivity contribution is 9.10. The van der Waals surface area contributed by atoms with E-state index in [9.17, 15) is 0 Å². The van der Waals surface area contributed by atoms with E-state index >= 15 is 0 Å². The van der Waals surface area contributed by atoms with Gasteiger partial charge in [0.05, 0.1) is 14.2 Å². The first kappa shape index (κ1) is 17.6. The molecule has 27 heavy (non-hydrogen) atoms. The maximum absolute atomic E-state index is 5.61. The summed E-state index contributed by atoms with van der Waals surface area (Å²) in [6, 6.07) is 22.8. The van der Waals surface area contributed by atoms with Crippen molar-refractivity contribution in [2.45, 2.75) is 0 Å². The summed E-state index contributed by atoms with van der Waals surface area (Å²) in [5, 5.41) is 4.58. The van der Waals surface area contributed by atoms with Crippen LogP contribution in [0, 0.1) is 0 Å². The number of hydrogen-bond acceptors (Lipinski definition) is 2. The Hall–Kier alpha value is -2.78. The van der Waals surface area contributed by atoms with E-state index in [1.54, 1.807) is 14.2 Å². The molecule has 4 aromatic carbocycles. The van der Waals surface area contributed by atoms with Gasteiger partial charge in [0, 0.05) is 15.4 Å². The first-order valence-corrected chi connectivity index (χ1v) is 9.50. The molecule has 0 aromatic heterocycles. The molecule has 0 atom stereocenters. The minimum Gasteiger partial charge on any atom is -0.496 e. The summed E-state index contributed by atoms with van der Waals surface area (Å²) >= 11 is 3.75. The average Bonchev–Trinajstić information content (AvgIpc) is 2.72. The second-order valence-corrected chi connectivity index (χ2v) is 7.09. The van der Waals surface area contributed by atoms with E-state index in [1.165, 1.54) is 10.8 Å². The summed E-state index contributed by atoms with van der Waals surface area (Å²) in [5.74, 6) is 1.70. The quantitative estimate of drug-likeness (QED) is 0.334. The monoisotopic (exact) mass is 418 g/mol. The molecule has 0 saturated carbocycles. The number of rotatable bonds is 4. The largest absolute Gasteiger partial charge is 0.496 e. The topological polar surface area (TPSA) is 18.5 Å². The average molecular weight is 419 g/mol. The summed E-state index contributed by atoms with van der Waals surface area (Å²) in [6.45, 7) is 0. The van der Waals surface area contributed by atoms with E-state index < -0.39 is 0 Å². The van der Waals surface area contributed by atoms with Gasteiger partial charge >= 0.3 is 0 Å². The molecule has 134 valence electrons. The van der Waals surface area contributed by atoms with Crippen molar-refractivity contribution >= 4 is 49.6 Å². The van der Waals surface area contributed by atoms with Crippen LogP contribution >= 0.6 is 15.9 Å². The third-order valence-electron chi connectivity index (χ3n) is 4.75. The van der Waals surface area contributed by atoms with Crippen molar-refractivity contribution < 1.29 is 9.47 Å². The van der Waals surface area contributed by atoms with Crippen LogP contribution in [0.25, 0.3) is 33.7 Å². The number of ether oxygens (including phenoxy) is 2. The number of benzene rings is 4. The first-order valence-electron chi connectivity index (χ1n) is 8.71. The Labute approximate surface area is 167 Å². The van der Waals surface area contributed by atoms with E-state index in [2.05, 4.69) is 76.6 Å². The van der Waals surface area contributed by atoms with Crippen LogP contribution in [-0.2, 0) is 0 Å². The highest BCUT2D eigenvalue weighted by atomic mass is 79.9. The molecule has 0 amide bonds. The SMILES string of the molecule is COc1cc2cccc(OC)c2cc1/C=C\c1ccc2ccccc2c1Br. The summed E-state index contributed by atoms with van der Waals surface area (Å²) < 4.78 is 12.2. The molecule has 4 rings (SSSR count). The lowest BCUT2D eigenvalue weighted by Gasteiger charge is -2.10. The lowest BCUT2D eigenvalue weighted by Crippen LogP contribution is -1.90. The third kappa shape index (κ3) is 3.31. The van der Waals surface area contributed by atoms with Gasteiger partial charge in [0.25, 0.3) is 0 Å². The molecule has 0 N–H and O–H groups in total. The molecular weight excluding hydrogens is 400 g/mol. The van der Waals surface area contributed by atoms with Gasteiger partial charge in [-0.05, 0) is 55.9 Å². The van der Waals surface area contributed by atoms with E-state index in [0.29, 0.717) is 0 Å².